The predicted octanol–water partition coefficient (Wildman–Crippen LogP) is 3.42. The molecule has 0 spiro atoms. The van der Waals surface area contributed by atoms with Crippen molar-refractivity contribution in [3.8, 4) is 0 Å². The van der Waals surface area contributed by atoms with E-state index in [1.807, 2.05) is 0 Å². The van der Waals surface area contributed by atoms with Gasteiger partial charge in [0.15, 0.2) is 0 Å². The van der Waals surface area contributed by atoms with E-state index in [-0.39, 0.29) is 0 Å². The third-order valence-electron chi connectivity index (χ3n) is 5.71. The van der Waals surface area contributed by atoms with Crippen LogP contribution < -0.4 is 5.32 Å². The molecule has 0 amide bonds. The van der Waals surface area contributed by atoms with Crippen LogP contribution in [-0.2, 0) is 0 Å². The van der Waals surface area contributed by atoms with Crippen molar-refractivity contribution in [2.75, 3.05) is 19.6 Å². The molecule has 2 nitrogen and oxygen atoms in total. The van der Waals surface area contributed by atoms with E-state index in [0.717, 1.165) is 18.0 Å². The lowest BCUT2D eigenvalue weighted by Crippen LogP contribution is -2.46. The molecule has 2 saturated carbocycles. The van der Waals surface area contributed by atoms with E-state index in [1.165, 1.54) is 71.0 Å². The summed E-state index contributed by atoms with van der Waals surface area (Å²) < 4.78 is 0. The number of rotatable bonds is 5. The average Bonchev–Trinajstić information content (AvgIpc) is 3.16. The molecule has 3 rings (SSSR count). The van der Waals surface area contributed by atoms with Crippen molar-refractivity contribution in [1.82, 2.24) is 10.2 Å². The zero-order valence-electron chi connectivity index (χ0n) is 13.0. The van der Waals surface area contributed by atoms with Gasteiger partial charge in [-0.25, -0.2) is 0 Å². The van der Waals surface area contributed by atoms with Gasteiger partial charge in [-0.3, -0.25) is 4.90 Å². The molecule has 0 aromatic rings. The van der Waals surface area contributed by atoms with Gasteiger partial charge in [0.05, 0.1) is 0 Å². The second kappa shape index (κ2) is 5.73. The number of nitrogens with zero attached hydrogens (tertiary/aromatic N) is 1. The van der Waals surface area contributed by atoms with E-state index in [9.17, 15) is 0 Å². The van der Waals surface area contributed by atoms with Gasteiger partial charge in [-0.2, -0.15) is 0 Å². The summed E-state index contributed by atoms with van der Waals surface area (Å²) in [5.41, 5.74) is 0.596. The van der Waals surface area contributed by atoms with Crippen LogP contribution in [0.15, 0.2) is 0 Å². The van der Waals surface area contributed by atoms with E-state index in [2.05, 4.69) is 24.1 Å². The molecule has 1 saturated heterocycles. The topological polar surface area (TPSA) is 15.3 Å². The highest BCUT2D eigenvalue weighted by molar-refractivity contribution is 4.94. The SMILES string of the molecule is CC1CC(C)N(CC2(CNC3CC3)CCCCC2)C1. The number of nitrogens with one attached hydrogen (secondary N) is 1. The fourth-order valence-corrected chi connectivity index (χ4v) is 4.38. The van der Waals surface area contributed by atoms with Crippen molar-refractivity contribution < 1.29 is 0 Å². The Kier molecular flexibility index (Phi) is 4.19. The molecule has 3 fully saturated rings. The molecule has 110 valence electrons. The standard InChI is InChI=1S/C17H32N2/c1-14-10-15(2)19(11-14)13-17(8-4-3-5-9-17)12-18-16-6-7-16/h14-16,18H,3-13H2,1-2H3. The maximum atomic E-state index is 3.84. The molecule has 19 heavy (non-hydrogen) atoms. The first-order valence-corrected chi connectivity index (χ1v) is 8.64. The Morgan fingerprint density at radius 3 is 2.42 bits per heavy atom. The molecule has 2 atom stereocenters. The minimum atomic E-state index is 0.596. The van der Waals surface area contributed by atoms with Crippen molar-refractivity contribution >= 4 is 0 Å². The highest BCUT2D eigenvalue weighted by Crippen LogP contribution is 2.39. The monoisotopic (exact) mass is 264 g/mol. The van der Waals surface area contributed by atoms with Gasteiger partial charge in [0.1, 0.15) is 0 Å². The molecule has 2 heteroatoms. The van der Waals surface area contributed by atoms with Crippen molar-refractivity contribution in [3.63, 3.8) is 0 Å². The summed E-state index contributed by atoms with van der Waals surface area (Å²) in [6, 6.07) is 1.68. The highest BCUT2D eigenvalue weighted by atomic mass is 15.2. The smallest absolute Gasteiger partial charge is 0.00702 e. The van der Waals surface area contributed by atoms with Crippen LogP contribution in [0, 0.1) is 11.3 Å². The molecule has 1 N–H and O–H groups in total. The summed E-state index contributed by atoms with van der Waals surface area (Å²) in [6.07, 6.45) is 11.6. The maximum Gasteiger partial charge on any atom is 0.00702 e. The first-order chi connectivity index (χ1) is 9.17. The van der Waals surface area contributed by atoms with Crippen molar-refractivity contribution in [3.05, 3.63) is 0 Å². The third kappa shape index (κ3) is 3.52. The van der Waals surface area contributed by atoms with Crippen LogP contribution in [-0.4, -0.2) is 36.6 Å². The van der Waals surface area contributed by atoms with Gasteiger partial charge in [0.2, 0.25) is 0 Å². The molecule has 0 aromatic carbocycles. The molecule has 2 aliphatic carbocycles. The fraction of sp³-hybridized carbons (Fsp3) is 1.00. The second-order valence-electron chi connectivity index (χ2n) is 7.84. The van der Waals surface area contributed by atoms with E-state index in [1.54, 1.807) is 0 Å². The van der Waals surface area contributed by atoms with E-state index in [0.29, 0.717) is 5.41 Å². The lowest BCUT2D eigenvalue weighted by molar-refractivity contribution is 0.0969. The Morgan fingerprint density at radius 1 is 1.11 bits per heavy atom. The van der Waals surface area contributed by atoms with Crippen LogP contribution in [0.4, 0.5) is 0 Å². The van der Waals surface area contributed by atoms with Crippen LogP contribution in [0.25, 0.3) is 0 Å². The molecule has 3 aliphatic rings. The molecule has 0 bridgehead atoms. The summed E-state index contributed by atoms with van der Waals surface area (Å²) in [5.74, 6) is 0.909. The Morgan fingerprint density at radius 2 is 1.84 bits per heavy atom. The van der Waals surface area contributed by atoms with Crippen LogP contribution in [0.3, 0.4) is 0 Å². The molecule has 1 aliphatic heterocycles. The molecular weight excluding hydrogens is 232 g/mol. The van der Waals surface area contributed by atoms with Gasteiger partial charge >= 0.3 is 0 Å². The van der Waals surface area contributed by atoms with Gasteiger partial charge < -0.3 is 5.32 Å². The predicted molar refractivity (Wildman–Crippen MR) is 81.4 cm³/mol. The maximum absolute atomic E-state index is 3.84. The van der Waals surface area contributed by atoms with Gasteiger partial charge in [-0.1, -0.05) is 26.2 Å². The third-order valence-corrected chi connectivity index (χ3v) is 5.71. The van der Waals surface area contributed by atoms with Crippen molar-refractivity contribution in [2.24, 2.45) is 11.3 Å². The van der Waals surface area contributed by atoms with Crippen LogP contribution in [0.5, 0.6) is 0 Å². The average molecular weight is 264 g/mol. The number of hydrogen-bond donors (Lipinski definition) is 1. The number of likely N-dealkylation sites (tertiary alicyclic amines) is 1. The van der Waals surface area contributed by atoms with Gasteiger partial charge in [-0.15, -0.1) is 0 Å². The zero-order valence-corrected chi connectivity index (χ0v) is 13.0. The molecule has 0 aromatic heterocycles. The van der Waals surface area contributed by atoms with Crippen LogP contribution in [0.2, 0.25) is 0 Å². The van der Waals surface area contributed by atoms with Gasteiger partial charge in [-0.05, 0) is 50.4 Å². The molecule has 1 heterocycles. The Hall–Kier alpha value is -0.0800. The minimum Gasteiger partial charge on any atom is -0.313 e. The Balaban J connectivity index is 1.60. The fourth-order valence-electron chi connectivity index (χ4n) is 4.38. The zero-order chi connectivity index (χ0) is 13.3. The lowest BCUT2D eigenvalue weighted by atomic mass is 9.73. The van der Waals surface area contributed by atoms with Crippen LogP contribution >= 0.6 is 0 Å². The molecule has 0 radical (unpaired) electrons. The number of hydrogen-bond acceptors (Lipinski definition) is 2. The summed E-state index contributed by atoms with van der Waals surface area (Å²) in [5, 5.41) is 3.84. The summed E-state index contributed by atoms with van der Waals surface area (Å²) in [6.45, 7) is 8.85. The van der Waals surface area contributed by atoms with Crippen molar-refractivity contribution in [2.45, 2.75) is 77.3 Å². The van der Waals surface area contributed by atoms with Gasteiger partial charge in [0, 0.05) is 31.7 Å². The Bertz CT molecular complexity index is 292. The minimum absolute atomic E-state index is 0.596. The lowest BCUT2D eigenvalue weighted by Gasteiger charge is -2.42. The first-order valence-electron chi connectivity index (χ1n) is 8.64. The normalized spacial score (nSPS) is 35.7. The Labute approximate surface area is 119 Å². The first kappa shape index (κ1) is 13.9. The van der Waals surface area contributed by atoms with E-state index < -0.39 is 0 Å². The van der Waals surface area contributed by atoms with E-state index >= 15 is 0 Å². The molecule has 2 unspecified atom stereocenters. The quantitative estimate of drug-likeness (QED) is 0.818. The van der Waals surface area contributed by atoms with Crippen LogP contribution in [0.1, 0.15) is 65.2 Å². The van der Waals surface area contributed by atoms with Crippen molar-refractivity contribution in [1.29, 1.82) is 0 Å². The second-order valence-corrected chi connectivity index (χ2v) is 7.84. The summed E-state index contributed by atoms with van der Waals surface area (Å²) >= 11 is 0. The van der Waals surface area contributed by atoms with Gasteiger partial charge in [0.25, 0.3) is 0 Å². The van der Waals surface area contributed by atoms with E-state index in [4.69, 9.17) is 0 Å². The summed E-state index contributed by atoms with van der Waals surface area (Å²) in [7, 11) is 0. The summed E-state index contributed by atoms with van der Waals surface area (Å²) in [4.78, 5) is 2.80. The molecular formula is C17H32N2. The highest BCUT2D eigenvalue weighted by Gasteiger charge is 2.38. The largest absolute Gasteiger partial charge is 0.313 e.